The van der Waals surface area contributed by atoms with Gasteiger partial charge in [0, 0.05) is 6.54 Å². The summed E-state index contributed by atoms with van der Waals surface area (Å²) < 4.78 is 40.7. The summed E-state index contributed by atoms with van der Waals surface area (Å²) in [5, 5.41) is 10.3. The predicted octanol–water partition coefficient (Wildman–Crippen LogP) is 0.116. The Kier molecular flexibility index (Phi) is 7.29. The van der Waals surface area contributed by atoms with Gasteiger partial charge in [-0.2, -0.15) is 13.2 Å². The zero-order chi connectivity index (χ0) is 14.2. The molecule has 0 aromatic carbocycles. The van der Waals surface area contributed by atoms with Gasteiger partial charge in [-0.05, 0) is 6.92 Å². The summed E-state index contributed by atoms with van der Waals surface area (Å²) in [5.41, 5.74) is 0. The average Bonchev–Trinajstić information content (AvgIpc) is 2.14. The maximum Gasteiger partial charge on any atom is 0.413 e. The monoisotopic (exact) mass is 272 g/mol. The molecule has 0 saturated carbocycles. The maximum atomic E-state index is 12.1. The van der Waals surface area contributed by atoms with Crippen molar-refractivity contribution in [2.75, 3.05) is 32.8 Å². The number of rotatable bonds is 6. The lowest BCUT2D eigenvalue weighted by molar-refractivity contribution is -0.149. The van der Waals surface area contributed by atoms with Gasteiger partial charge in [0.2, 0.25) is 5.91 Å². The van der Waals surface area contributed by atoms with Crippen LogP contribution in [0.5, 0.6) is 0 Å². The zero-order valence-corrected chi connectivity index (χ0v) is 9.79. The molecule has 9 heteroatoms. The van der Waals surface area contributed by atoms with E-state index < -0.39 is 37.9 Å². The number of carbonyl (C=O) groups is 2. The van der Waals surface area contributed by atoms with Crippen LogP contribution in [0, 0.1) is 0 Å². The van der Waals surface area contributed by atoms with Crippen molar-refractivity contribution in [3.63, 3.8) is 0 Å². The molecule has 0 bridgehead atoms. The van der Waals surface area contributed by atoms with E-state index in [2.05, 4.69) is 4.74 Å². The van der Waals surface area contributed by atoms with Crippen LogP contribution in [0.1, 0.15) is 6.92 Å². The smallest absolute Gasteiger partial charge is 0.413 e. The van der Waals surface area contributed by atoms with Gasteiger partial charge in [0.05, 0.1) is 26.3 Å². The highest BCUT2D eigenvalue weighted by molar-refractivity contribution is 5.92. The molecule has 0 radical (unpaired) electrons. The highest BCUT2D eigenvalue weighted by Crippen LogP contribution is 2.15. The number of hydrogen-bond donors (Lipinski definition) is 2. The summed E-state index contributed by atoms with van der Waals surface area (Å²) in [6.07, 6.45) is -5.50. The van der Waals surface area contributed by atoms with Gasteiger partial charge in [-0.3, -0.25) is 15.0 Å². The molecular formula is C9H15F3N2O4. The van der Waals surface area contributed by atoms with Gasteiger partial charge in [0.25, 0.3) is 0 Å². The van der Waals surface area contributed by atoms with Gasteiger partial charge in [0.1, 0.15) is 0 Å². The second-order valence-electron chi connectivity index (χ2n) is 3.32. The van der Waals surface area contributed by atoms with Gasteiger partial charge >= 0.3 is 12.3 Å². The summed E-state index contributed by atoms with van der Waals surface area (Å²) in [7, 11) is 0. The van der Waals surface area contributed by atoms with E-state index in [1.54, 1.807) is 5.32 Å². The third kappa shape index (κ3) is 8.76. The van der Waals surface area contributed by atoms with Gasteiger partial charge in [0.15, 0.2) is 0 Å². The van der Waals surface area contributed by atoms with Crippen LogP contribution in [0.15, 0.2) is 0 Å². The molecule has 2 N–H and O–H groups in total. The first kappa shape index (κ1) is 16.6. The minimum absolute atomic E-state index is 0.0437. The lowest BCUT2D eigenvalue weighted by Crippen LogP contribution is -2.44. The third-order valence-corrected chi connectivity index (χ3v) is 1.70. The molecule has 0 aliphatic heterocycles. The van der Waals surface area contributed by atoms with Crippen molar-refractivity contribution in [3.05, 3.63) is 0 Å². The van der Waals surface area contributed by atoms with E-state index in [1.165, 1.54) is 6.92 Å². The van der Waals surface area contributed by atoms with Crippen LogP contribution in [0.4, 0.5) is 18.0 Å². The first-order valence-electron chi connectivity index (χ1n) is 5.15. The van der Waals surface area contributed by atoms with Crippen LogP contribution >= 0.6 is 0 Å². The van der Waals surface area contributed by atoms with Crippen LogP contribution in [0.2, 0.25) is 0 Å². The molecule has 2 amide bonds. The molecular weight excluding hydrogens is 257 g/mol. The van der Waals surface area contributed by atoms with Crippen LogP contribution in [-0.4, -0.2) is 61.0 Å². The van der Waals surface area contributed by atoms with Crippen molar-refractivity contribution < 1.29 is 32.6 Å². The largest absolute Gasteiger partial charge is 0.450 e. The lowest BCUT2D eigenvalue weighted by atomic mass is 10.4. The molecule has 0 fully saturated rings. The van der Waals surface area contributed by atoms with E-state index in [0.29, 0.717) is 4.90 Å². The van der Waals surface area contributed by atoms with Crippen molar-refractivity contribution in [3.8, 4) is 0 Å². The molecule has 106 valence electrons. The lowest BCUT2D eigenvalue weighted by Gasteiger charge is -2.21. The zero-order valence-electron chi connectivity index (χ0n) is 9.79. The normalized spacial score (nSPS) is 11.4. The van der Waals surface area contributed by atoms with Gasteiger partial charge in [-0.25, -0.2) is 4.79 Å². The van der Waals surface area contributed by atoms with Crippen molar-refractivity contribution in [2.45, 2.75) is 13.1 Å². The molecule has 0 aliphatic rings. The second-order valence-corrected chi connectivity index (χ2v) is 3.32. The Morgan fingerprint density at radius 1 is 1.39 bits per heavy atom. The quantitative estimate of drug-likeness (QED) is 0.718. The Hall–Kier alpha value is -1.35. The van der Waals surface area contributed by atoms with Gasteiger partial charge < -0.3 is 9.84 Å². The SMILES string of the molecule is CCOC(=O)NC(=O)CN(CCO)CC(F)(F)F. The van der Waals surface area contributed by atoms with Crippen molar-refractivity contribution >= 4 is 12.0 Å². The van der Waals surface area contributed by atoms with Gasteiger partial charge in [-0.15, -0.1) is 0 Å². The molecule has 0 atom stereocenters. The highest BCUT2D eigenvalue weighted by Gasteiger charge is 2.31. The maximum absolute atomic E-state index is 12.1. The summed E-state index contributed by atoms with van der Waals surface area (Å²) in [6.45, 7) is -1.28. The Balaban J connectivity index is 4.23. The Labute approximate surface area is 102 Å². The number of alkyl carbamates (subject to hydrolysis) is 1. The topological polar surface area (TPSA) is 78.9 Å². The number of aliphatic hydroxyl groups is 1. The number of carbonyl (C=O) groups excluding carboxylic acids is 2. The minimum Gasteiger partial charge on any atom is -0.450 e. The number of nitrogens with one attached hydrogen (secondary N) is 1. The third-order valence-electron chi connectivity index (χ3n) is 1.70. The summed E-state index contributed by atoms with van der Waals surface area (Å²) in [6, 6.07) is 0. The number of aliphatic hydroxyl groups excluding tert-OH is 1. The molecule has 18 heavy (non-hydrogen) atoms. The molecule has 0 spiro atoms. The highest BCUT2D eigenvalue weighted by atomic mass is 19.4. The minimum atomic E-state index is -4.49. The van der Waals surface area contributed by atoms with Crippen LogP contribution in [0.3, 0.4) is 0 Å². The second kappa shape index (κ2) is 7.88. The fraction of sp³-hybridized carbons (Fsp3) is 0.778. The average molecular weight is 272 g/mol. The van der Waals surface area contributed by atoms with Crippen LogP contribution in [0.25, 0.3) is 0 Å². The van der Waals surface area contributed by atoms with Crippen molar-refractivity contribution in [1.29, 1.82) is 0 Å². The van der Waals surface area contributed by atoms with E-state index in [0.717, 1.165) is 0 Å². The number of imide groups is 1. The van der Waals surface area contributed by atoms with E-state index in [-0.39, 0.29) is 13.2 Å². The fourth-order valence-corrected chi connectivity index (χ4v) is 1.13. The summed E-state index contributed by atoms with van der Waals surface area (Å²) >= 11 is 0. The van der Waals surface area contributed by atoms with Gasteiger partial charge in [-0.1, -0.05) is 0 Å². The van der Waals surface area contributed by atoms with Crippen molar-refractivity contribution in [2.24, 2.45) is 0 Å². The Bertz CT molecular complexity index is 283. The van der Waals surface area contributed by atoms with Crippen LogP contribution in [-0.2, 0) is 9.53 Å². The number of amides is 2. The molecule has 0 unspecified atom stereocenters. The van der Waals surface area contributed by atoms with E-state index in [4.69, 9.17) is 5.11 Å². The molecule has 0 saturated heterocycles. The molecule has 0 aliphatic carbocycles. The van der Waals surface area contributed by atoms with E-state index in [1.807, 2.05) is 0 Å². The van der Waals surface area contributed by atoms with E-state index >= 15 is 0 Å². The molecule has 6 nitrogen and oxygen atoms in total. The Morgan fingerprint density at radius 3 is 2.44 bits per heavy atom. The van der Waals surface area contributed by atoms with Crippen LogP contribution < -0.4 is 5.32 Å². The standard InChI is InChI=1S/C9H15F3N2O4/c1-2-18-8(17)13-7(16)5-14(3-4-15)6-9(10,11)12/h15H,2-6H2,1H3,(H,13,16,17). The first-order valence-corrected chi connectivity index (χ1v) is 5.15. The predicted molar refractivity (Wildman–Crippen MR) is 54.7 cm³/mol. The number of alkyl halides is 3. The molecule has 0 rings (SSSR count). The molecule has 0 heterocycles. The number of hydrogen-bond acceptors (Lipinski definition) is 5. The summed E-state index contributed by atoms with van der Waals surface area (Å²) in [5.74, 6) is -0.925. The Morgan fingerprint density at radius 2 is 2.00 bits per heavy atom. The number of nitrogens with zero attached hydrogens (tertiary/aromatic N) is 1. The number of halogens is 3. The first-order chi connectivity index (χ1) is 8.28. The molecule has 0 aromatic rings. The number of ether oxygens (including phenoxy) is 1. The van der Waals surface area contributed by atoms with E-state index in [9.17, 15) is 22.8 Å². The fourth-order valence-electron chi connectivity index (χ4n) is 1.13. The molecule has 0 aromatic heterocycles. The summed E-state index contributed by atoms with van der Waals surface area (Å²) in [4.78, 5) is 22.7. The van der Waals surface area contributed by atoms with Crippen molar-refractivity contribution in [1.82, 2.24) is 10.2 Å².